The SMILES string of the molecule is CCC(C)C(NCc1cn(C(C)(C)C)nn1)C(=O)OC. The number of rotatable bonds is 6. The van der Waals surface area contributed by atoms with Crippen molar-refractivity contribution in [2.45, 2.75) is 59.2 Å². The fourth-order valence-corrected chi connectivity index (χ4v) is 1.80. The van der Waals surface area contributed by atoms with Crippen LogP contribution in [0.1, 0.15) is 46.7 Å². The third kappa shape index (κ3) is 4.30. The van der Waals surface area contributed by atoms with Crippen LogP contribution < -0.4 is 5.32 Å². The second kappa shape index (κ2) is 6.83. The summed E-state index contributed by atoms with van der Waals surface area (Å²) in [5.74, 6) is -0.0253. The molecule has 0 aliphatic carbocycles. The summed E-state index contributed by atoms with van der Waals surface area (Å²) in [4.78, 5) is 11.8. The number of ether oxygens (including phenoxy) is 1. The van der Waals surface area contributed by atoms with E-state index in [0.29, 0.717) is 6.54 Å². The number of carbonyl (C=O) groups excluding carboxylic acids is 1. The van der Waals surface area contributed by atoms with Gasteiger partial charge >= 0.3 is 5.97 Å². The van der Waals surface area contributed by atoms with Crippen molar-refractivity contribution in [2.24, 2.45) is 5.92 Å². The molecule has 0 bridgehead atoms. The van der Waals surface area contributed by atoms with Crippen molar-refractivity contribution in [3.63, 3.8) is 0 Å². The van der Waals surface area contributed by atoms with Crippen molar-refractivity contribution in [3.05, 3.63) is 11.9 Å². The number of nitrogens with zero attached hydrogens (tertiary/aromatic N) is 3. The molecule has 6 heteroatoms. The third-order valence-corrected chi connectivity index (χ3v) is 3.40. The summed E-state index contributed by atoms with van der Waals surface area (Å²) in [7, 11) is 1.41. The maximum absolute atomic E-state index is 11.8. The summed E-state index contributed by atoms with van der Waals surface area (Å²) in [6.07, 6.45) is 2.80. The number of nitrogens with one attached hydrogen (secondary N) is 1. The van der Waals surface area contributed by atoms with Gasteiger partial charge in [-0.2, -0.15) is 0 Å². The first-order valence-corrected chi connectivity index (χ1v) is 7.02. The predicted octanol–water partition coefficient (Wildman–Crippen LogP) is 1.71. The van der Waals surface area contributed by atoms with Gasteiger partial charge in [0.25, 0.3) is 0 Å². The standard InChI is InChI=1S/C14H26N4O2/c1-7-10(2)12(13(19)20-6)15-8-11-9-18(17-16-11)14(3,4)5/h9-10,12,15H,7-8H2,1-6H3. The average molecular weight is 282 g/mol. The molecule has 0 fully saturated rings. The zero-order valence-electron chi connectivity index (χ0n) is 13.3. The normalized spacial score (nSPS) is 14.9. The van der Waals surface area contributed by atoms with Gasteiger partial charge in [-0.05, 0) is 26.7 Å². The van der Waals surface area contributed by atoms with Crippen LogP contribution in [0, 0.1) is 5.92 Å². The van der Waals surface area contributed by atoms with Gasteiger partial charge in [-0.3, -0.25) is 10.1 Å². The van der Waals surface area contributed by atoms with Crippen LogP contribution in [0.25, 0.3) is 0 Å². The molecule has 0 aliphatic heterocycles. The van der Waals surface area contributed by atoms with Gasteiger partial charge < -0.3 is 4.74 Å². The largest absolute Gasteiger partial charge is 0.468 e. The Morgan fingerprint density at radius 1 is 1.50 bits per heavy atom. The fraction of sp³-hybridized carbons (Fsp3) is 0.786. The molecule has 0 spiro atoms. The molecule has 0 radical (unpaired) electrons. The molecule has 1 N–H and O–H groups in total. The molecule has 114 valence electrons. The van der Waals surface area contributed by atoms with Crippen molar-refractivity contribution in [3.8, 4) is 0 Å². The number of hydrogen-bond acceptors (Lipinski definition) is 5. The van der Waals surface area contributed by atoms with E-state index < -0.39 is 0 Å². The monoisotopic (exact) mass is 282 g/mol. The summed E-state index contributed by atoms with van der Waals surface area (Å²) in [6.45, 7) is 10.8. The quantitative estimate of drug-likeness (QED) is 0.804. The number of carbonyl (C=O) groups is 1. The molecule has 1 aromatic rings. The Hall–Kier alpha value is -1.43. The lowest BCUT2D eigenvalue weighted by Crippen LogP contribution is -2.42. The summed E-state index contributed by atoms with van der Waals surface area (Å²) >= 11 is 0. The molecule has 1 aromatic heterocycles. The number of esters is 1. The van der Waals surface area contributed by atoms with E-state index in [1.54, 1.807) is 0 Å². The smallest absolute Gasteiger partial charge is 0.323 e. The zero-order chi connectivity index (χ0) is 15.3. The second-order valence-electron chi connectivity index (χ2n) is 6.09. The zero-order valence-corrected chi connectivity index (χ0v) is 13.3. The number of hydrogen-bond donors (Lipinski definition) is 1. The Balaban J connectivity index is 2.68. The van der Waals surface area contributed by atoms with Crippen molar-refractivity contribution >= 4 is 5.97 Å². The van der Waals surface area contributed by atoms with Gasteiger partial charge in [0.05, 0.1) is 24.5 Å². The van der Waals surface area contributed by atoms with E-state index in [4.69, 9.17) is 4.74 Å². The summed E-state index contributed by atoms with van der Waals surface area (Å²) < 4.78 is 6.66. The molecule has 1 heterocycles. The molecule has 6 nitrogen and oxygen atoms in total. The average Bonchev–Trinajstić information content (AvgIpc) is 2.86. The van der Waals surface area contributed by atoms with Crippen molar-refractivity contribution < 1.29 is 9.53 Å². The van der Waals surface area contributed by atoms with Crippen LogP contribution in [0.15, 0.2) is 6.20 Å². The molecule has 2 atom stereocenters. The van der Waals surface area contributed by atoms with Crippen molar-refractivity contribution in [1.29, 1.82) is 0 Å². The van der Waals surface area contributed by atoms with Crippen LogP contribution in [0.4, 0.5) is 0 Å². The Morgan fingerprint density at radius 3 is 2.60 bits per heavy atom. The van der Waals surface area contributed by atoms with E-state index in [0.717, 1.165) is 12.1 Å². The van der Waals surface area contributed by atoms with E-state index in [-0.39, 0.29) is 23.5 Å². The van der Waals surface area contributed by atoms with Gasteiger partial charge in [-0.25, -0.2) is 4.68 Å². The van der Waals surface area contributed by atoms with Gasteiger partial charge in [0, 0.05) is 6.54 Å². The maximum atomic E-state index is 11.8. The molecule has 1 rings (SSSR count). The molecule has 2 unspecified atom stereocenters. The van der Waals surface area contributed by atoms with Crippen molar-refractivity contribution in [2.75, 3.05) is 7.11 Å². The topological polar surface area (TPSA) is 69.0 Å². The van der Waals surface area contributed by atoms with Crippen LogP contribution in [0.3, 0.4) is 0 Å². The van der Waals surface area contributed by atoms with E-state index in [2.05, 4.69) is 43.3 Å². The minimum atomic E-state index is -0.315. The lowest BCUT2D eigenvalue weighted by Gasteiger charge is -2.21. The molecular formula is C14H26N4O2. The highest BCUT2D eigenvalue weighted by Gasteiger charge is 2.24. The fourth-order valence-electron chi connectivity index (χ4n) is 1.80. The first-order valence-electron chi connectivity index (χ1n) is 7.02. The molecule has 0 saturated heterocycles. The molecule has 20 heavy (non-hydrogen) atoms. The Kier molecular flexibility index (Phi) is 5.68. The minimum Gasteiger partial charge on any atom is -0.468 e. The summed E-state index contributed by atoms with van der Waals surface area (Å²) in [5, 5.41) is 11.4. The maximum Gasteiger partial charge on any atom is 0.323 e. The molecule has 0 aliphatic rings. The summed E-state index contributed by atoms with van der Waals surface area (Å²) in [6, 6.07) is -0.315. The van der Waals surface area contributed by atoms with Crippen LogP contribution >= 0.6 is 0 Å². The van der Waals surface area contributed by atoms with E-state index in [1.165, 1.54) is 7.11 Å². The number of methoxy groups -OCH3 is 1. The van der Waals surface area contributed by atoms with E-state index in [9.17, 15) is 4.79 Å². The van der Waals surface area contributed by atoms with Gasteiger partial charge in [-0.1, -0.05) is 25.5 Å². The molecule has 0 saturated carbocycles. The van der Waals surface area contributed by atoms with E-state index in [1.807, 2.05) is 17.8 Å². The van der Waals surface area contributed by atoms with Gasteiger partial charge in [-0.15, -0.1) is 5.10 Å². The third-order valence-electron chi connectivity index (χ3n) is 3.40. The van der Waals surface area contributed by atoms with Gasteiger partial charge in [0.1, 0.15) is 6.04 Å². The lowest BCUT2D eigenvalue weighted by atomic mass is 9.99. The molecule has 0 aromatic carbocycles. The first-order chi connectivity index (χ1) is 9.29. The van der Waals surface area contributed by atoms with Gasteiger partial charge in [0.15, 0.2) is 0 Å². The van der Waals surface area contributed by atoms with E-state index >= 15 is 0 Å². The van der Waals surface area contributed by atoms with Crippen LogP contribution in [0.2, 0.25) is 0 Å². The highest BCUT2D eigenvalue weighted by atomic mass is 16.5. The Labute approximate surface area is 120 Å². The van der Waals surface area contributed by atoms with Crippen molar-refractivity contribution in [1.82, 2.24) is 20.3 Å². The number of aromatic nitrogens is 3. The minimum absolute atomic E-state index is 0.0935. The van der Waals surface area contributed by atoms with Crippen LogP contribution in [0.5, 0.6) is 0 Å². The Morgan fingerprint density at radius 2 is 2.15 bits per heavy atom. The molecule has 0 amide bonds. The second-order valence-corrected chi connectivity index (χ2v) is 6.09. The summed E-state index contributed by atoms with van der Waals surface area (Å²) in [5.41, 5.74) is 0.723. The highest BCUT2D eigenvalue weighted by molar-refractivity contribution is 5.75. The molecular weight excluding hydrogens is 256 g/mol. The Bertz CT molecular complexity index is 437. The first kappa shape index (κ1) is 16.6. The van der Waals surface area contributed by atoms with Gasteiger partial charge in [0.2, 0.25) is 0 Å². The lowest BCUT2D eigenvalue weighted by molar-refractivity contribution is -0.144. The predicted molar refractivity (Wildman–Crippen MR) is 77.1 cm³/mol. The highest BCUT2D eigenvalue weighted by Crippen LogP contribution is 2.13. The van der Waals surface area contributed by atoms with Crippen LogP contribution in [-0.4, -0.2) is 34.1 Å². The van der Waals surface area contributed by atoms with Crippen LogP contribution in [-0.2, 0) is 21.6 Å².